The molecule has 2 atom stereocenters. The van der Waals surface area contributed by atoms with Gasteiger partial charge in [-0.1, -0.05) is 24.3 Å². The van der Waals surface area contributed by atoms with Gasteiger partial charge in [0.2, 0.25) is 0 Å². The predicted molar refractivity (Wildman–Crippen MR) is 64.9 cm³/mol. The number of imidazole rings is 1. The highest BCUT2D eigenvalue weighted by molar-refractivity contribution is 5.69. The van der Waals surface area contributed by atoms with Crippen molar-refractivity contribution in [3.05, 3.63) is 42.4 Å². The van der Waals surface area contributed by atoms with Crippen molar-refractivity contribution < 1.29 is 9.50 Å². The molecule has 1 unspecified atom stereocenters. The standard InChI is InChI=1S/C14H13FN2O/c15-14(5-6-14)13(18)12-10-4-2-1-3-9(10)11-7-16-8-17(11)12/h1-4,7-8,12-13,18H,5-6H2/t12?,13-/m0/s1. The topological polar surface area (TPSA) is 38.1 Å². The minimum atomic E-state index is -1.41. The molecule has 2 heterocycles. The summed E-state index contributed by atoms with van der Waals surface area (Å²) in [5, 5.41) is 10.3. The summed E-state index contributed by atoms with van der Waals surface area (Å²) in [4.78, 5) is 4.11. The zero-order valence-electron chi connectivity index (χ0n) is 9.75. The number of aliphatic hydroxyl groups excluding tert-OH is 1. The summed E-state index contributed by atoms with van der Waals surface area (Å²) >= 11 is 0. The molecule has 1 fully saturated rings. The molecule has 18 heavy (non-hydrogen) atoms. The van der Waals surface area contributed by atoms with Crippen molar-refractivity contribution in [2.24, 2.45) is 0 Å². The number of aliphatic hydroxyl groups is 1. The van der Waals surface area contributed by atoms with Crippen LogP contribution in [0.15, 0.2) is 36.8 Å². The zero-order valence-corrected chi connectivity index (χ0v) is 9.75. The second kappa shape index (κ2) is 3.20. The van der Waals surface area contributed by atoms with Gasteiger partial charge in [-0.2, -0.15) is 0 Å². The fourth-order valence-electron chi connectivity index (χ4n) is 2.89. The summed E-state index contributed by atoms with van der Waals surface area (Å²) in [7, 11) is 0. The van der Waals surface area contributed by atoms with Crippen molar-refractivity contribution in [2.45, 2.75) is 30.7 Å². The summed E-state index contributed by atoms with van der Waals surface area (Å²) in [6, 6.07) is 7.49. The van der Waals surface area contributed by atoms with Crippen LogP contribution in [0.5, 0.6) is 0 Å². The van der Waals surface area contributed by atoms with Crippen LogP contribution in [0.4, 0.5) is 4.39 Å². The molecule has 0 saturated heterocycles. The Labute approximate surface area is 104 Å². The Bertz CT molecular complexity index is 618. The van der Waals surface area contributed by atoms with Gasteiger partial charge in [0.25, 0.3) is 0 Å². The fraction of sp³-hybridized carbons (Fsp3) is 0.357. The third-order valence-corrected chi connectivity index (χ3v) is 4.08. The van der Waals surface area contributed by atoms with E-state index in [-0.39, 0.29) is 6.04 Å². The first-order valence-electron chi connectivity index (χ1n) is 6.19. The smallest absolute Gasteiger partial charge is 0.139 e. The first kappa shape index (κ1) is 10.3. The van der Waals surface area contributed by atoms with Gasteiger partial charge < -0.3 is 9.67 Å². The lowest BCUT2D eigenvalue weighted by molar-refractivity contribution is 0.0330. The van der Waals surface area contributed by atoms with E-state index in [1.807, 2.05) is 28.8 Å². The molecule has 1 aromatic carbocycles. The molecule has 1 N–H and O–H groups in total. The van der Waals surface area contributed by atoms with Crippen LogP contribution in [0.2, 0.25) is 0 Å². The maximum Gasteiger partial charge on any atom is 0.139 e. The minimum Gasteiger partial charge on any atom is -0.387 e. The van der Waals surface area contributed by atoms with E-state index in [4.69, 9.17) is 0 Å². The normalized spacial score (nSPS) is 24.4. The highest BCUT2D eigenvalue weighted by Gasteiger charge is 2.54. The van der Waals surface area contributed by atoms with Crippen molar-refractivity contribution in [3.8, 4) is 11.3 Å². The van der Waals surface area contributed by atoms with Gasteiger partial charge in [0.1, 0.15) is 11.8 Å². The number of nitrogens with zero attached hydrogens (tertiary/aromatic N) is 2. The monoisotopic (exact) mass is 244 g/mol. The van der Waals surface area contributed by atoms with Crippen molar-refractivity contribution in [1.29, 1.82) is 0 Å². The van der Waals surface area contributed by atoms with Crippen molar-refractivity contribution in [3.63, 3.8) is 0 Å². The summed E-state index contributed by atoms with van der Waals surface area (Å²) in [6.45, 7) is 0. The van der Waals surface area contributed by atoms with Gasteiger partial charge in [0.05, 0.1) is 24.3 Å². The lowest BCUT2D eigenvalue weighted by Gasteiger charge is -2.24. The lowest BCUT2D eigenvalue weighted by atomic mass is 9.96. The molecular formula is C14H13FN2O. The number of halogens is 1. The van der Waals surface area contributed by atoms with E-state index in [0.717, 1.165) is 16.8 Å². The van der Waals surface area contributed by atoms with E-state index < -0.39 is 11.8 Å². The average molecular weight is 244 g/mol. The Morgan fingerprint density at radius 1 is 1.39 bits per heavy atom. The molecule has 1 aromatic heterocycles. The molecule has 2 aliphatic rings. The van der Waals surface area contributed by atoms with Crippen LogP contribution in [0, 0.1) is 0 Å². The number of alkyl halides is 1. The van der Waals surface area contributed by atoms with Crippen LogP contribution in [0.25, 0.3) is 11.3 Å². The Balaban J connectivity index is 1.89. The summed E-state index contributed by atoms with van der Waals surface area (Å²) in [6.07, 6.45) is 3.36. The molecule has 4 heteroatoms. The average Bonchev–Trinajstić information content (AvgIpc) is 2.87. The number of fused-ring (bicyclic) bond motifs is 3. The number of benzene rings is 1. The molecule has 0 bridgehead atoms. The summed E-state index contributed by atoms with van der Waals surface area (Å²) in [5.41, 5.74) is 1.58. The maximum absolute atomic E-state index is 14.2. The SMILES string of the molecule is O[C@@H](C1c2ccccc2-c2cncn21)C1(F)CC1. The van der Waals surface area contributed by atoms with Crippen molar-refractivity contribution in [1.82, 2.24) is 9.55 Å². The van der Waals surface area contributed by atoms with E-state index in [0.29, 0.717) is 12.8 Å². The van der Waals surface area contributed by atoms with Crippen molar-refractivity contribution >= 4 is 0 Å². The first-order chi connectivity index (χ1) is 8.71. The Kier molecular flexibility index (Phi) is 1.83. The quantitative estimate of drug-likeness (QED) is 0.880. The maximum atomic E-state index is 14.2. The Morgan fingerprint density at radius 3 is 2.94 bits per heavy atom. The van der Waals surface area contributed by atoms with E-state index in [2.05, 4.69) is 4.98 Å². The molecule has 3 nitrogen and oxygen atoms in total. The summed E-state index contributed by atoms with van der Waals surface area (Å²) in [5.74, 6) is 0. The van der Waals surface area contributed by atoms with Gasteiger partial charge in [0, 0.05) is 5.56 Å². The number of hydrogen-bond acceptors (Lipinski definition) is 2. The van der Waals surface area contributed by atoms with Gasteiger partial charge in [-0.05, 0) is 18.4 Å². The van der Waals surface area contributed by atoms with Crippen LogP contribution in [0.3, 0.4) is 0 Å². The van der Waals surface area contributed by atoms with Gasteiger partial charge in [0.15, 0.2) is 0 Å². The molecule has 1 aliphatic carbocycles. The Morgan fingerprint density at radius 2 is 2.17 bits per heavy atom. The molecule has 4 rings (SSSR count). The highest BCUT2D eigenvalue weighted by atomic mass is 19.1. The number of rotatable bonds is 2. The summed E-state index contributed by atoms with van der Waals surface area (Å²) < 4.78 is 16.0. The predicted octanol–water partition coefficient (Wildman–Crippen LogP) is 2.32. The second-order valence-electron chi connectivity index (χ2n) is 5.20. The van der Waals surface area contributed by atoms with Gasteiger partial charge >= 0.3 is 0 Å². The fourth-order valence-corrected chi connectivity index (χ4v) is 2.89. The molecule has 0 radical (unpaired) electrons. The van der Waals surface area contributed by atoms with Crippen LogP contribution >= 0.6 is 0 Å². The number of aromatic nitrogens is 2. The third-order valence-electron chi connectivity index (χ3n) is 4.08. The highest BCUT2D eigenvalue weighted by Crippen LogP contribution is 2.51. The van der Waals surface area contributed by atoms with Crippen LogP contribution in [0.1, 0.15) is 24.4 Å². The molecule has 1 saturated carbocycles. The van der Waals surface area contributed by atoms with Crippen LogP contribution in [-0.2, 0) is 0 Å². The van der Waals surface area contributed by atoms with E-state index in [9.17, 15) is 9.50 Å². The second-order valence-corrected chi connectivity index (χ2v) is 5.20. The molecule has 1 aliphatic heterocycles. The van der Waals surface area contributed by atoms with Crippen LogP contribution < -0.4 is 0 Å². The zero-order chi connectivity index (χ0) is 12.3. The lowest BCUT2D eigenvalue weighted by Crippen LogP contribution is -2.33. The van der Waals surface area contributed by atoms with Gasteiger partial charge in [-0.25, -0.2) is 9.37 Å². The van der Waals surface area contributed by atoms with Crippen LogP contribution in [-0.4, -0.2) is 26.4 Å². The minimum absolute atomic E-state index is 0.341. The van der Waals surface area contributed by atoms with Crippen molar-refractivity contribution in [2.75, 3.05) is 0 Å². The largest absolute Gasteiger partial charge is 0.387 e. The molecule has 0 spiro atoms. The first-order valence-corrected chi connectivity index (χ1v) is 6.19. The molecular weight excluding hydrogens is 231 g/mol. The molecule has 0 amide bonds. The van der Waals surface area contributed by atoms with Gasteiger partial charge in [-0.15, -0.1) is 0 Å². The van der Waals surface area contributed by atoms with E-state index in [1.54, 1.807) is 12.5 Å². The Hall–Kier alpha value is -1.68. The van der Waals surface area contributed by atoms with Gasteiger partial charge in [-0.3, -0.25) is 0 Å². The molecule has 92 valence electrons. The van der Waals surface area contributed by atoms with E-state index >= 15 is 0 Å². The molecule has 2 aromatic rings. The third kappa shape index (κ3) is 1.18. The van der Waals surface area contributed by atoms with E-state index in [1.165, 1.54) is 0 Å². The number of hydrogen-bond donors (Lipinski definition) is 1.